The highest BCUT2D eigenvalue weighted by Gasteiger charge is 2.36. The average Bonchev–Trinajstić information content (AvgIpc) is 2.72. The Morgan fingerprint density at radius 2 is 1.84 bits per heavy atom. The van der Waals surface area contributed by atoms with Gasteiger partial charge in [0.05, 0.1) is 5.54 Å². The monoisotopic (exact) mass is 290 g/mol. The molecule has 5 nitrogen and oxygen atoms in total. The van der Waals surface area contributed by atoms with Gasteiger partial charge in [0.2, 0.25) is 5.91 Å². The molecule has 1 aliphatic carbocycles. The zero-order chi connectivity index (χ0) is 14.5. The van der Waals surface area contributed by atoms with Crippen molar-refractivity contribution >= 4 is 23.6 Å². The van der Waals surface area contributed by atoms with Crippen molar-refractivity contribution in [1.82, 2.24) is 10.6 Å². The minimum atomic E-state index is -0.525. The molecule has 0 aromatic rings. The molecule has 0 heterocycles. The maximum absolute atomic E-state index is 11.9. The van der Waals surface area contributed by atoms with Crippen LogP contribution < -0.4 is 10.6 Å². The summed E-state index contributed by atoms with van der Waals surface area (Å²) in [5, 5.41) is 5.65. The van der Waals surface area contributed by atoms with E-state index in [1.807, 2.05) is 20.8 Å². The minimum Gasteiger partial charge on any atom is -0.444 e. The Morgan fingerprint density at radius 1 is 1.26 bits per heavy atom. The van der Waals surface area contributed by atoms with Crippen LogP contribution in [0.4, 0.5) is 4.79 Å². The van der Waals surface area contributed by atoms with Crippen LogP contribution >= 0.6 is 11.6 Å². The summed E-state index contributed by atoms with van der Waals surface area (Å²) in [6, 6.07) is 0. The second-order valence-corrected chi connectivity index (χ2v) is 6.29. The molecule has 1 aliphatic rings. The Hall–Kier alpha value is -0.970. The second kappa shape index (κ2) is 6.46. The Kier molecular flexibility index (Phi) is 5.47. The lowest BCUT2D eigenvalue weighted by molar-refractivity contribution is -0.119. The highest BCUT2D eigenvalue weighted by atomic mass is 35.5. The molecule has 0 aromatic carbocycles. The molecule has 0 bridgehead atoms. The number of alkyl carbamates (subject to hydrolysis) is 1. The van der Waals surface area contributed by atoms with Crippen LogP contribution in [0.25, 0.3) is 0 Å². The summed E-state index contributed by atoms with van der Waals surface area (Å²) in [6.07, 6.45) is 3.32. The van der Waals surface area contributed by atoms with Gasteiger partial charge in [-0.05, 0) is 33.6 Å². The molecule has 19 heavy (non-hydrogen) atoms. The molecule has 0 unspecified atom stereocenters. The van der Waals surface area contributed by atoms with E-state index < -0.39 is 17.2 Å². The van der Waals surface area contributed by atoms with Crippen molar-refractivity contribution in [3.8, 4) is 0 Å². The summed E-state index contributed by atoms with van der Waals surface area (Å²) >= 11 is 5.45. The standard InChI is InChI=1S/C13H23ClN2O3/c1-12(2,3)19-11(18)16-13(6-4-5-7-13)9-15-10(17)8-14/h4-9H2,1-3H3,(H,15,17)(H,16,18). The van der Waals surface area contributed by atoms with Gasteiger partial charge in [-0.1, -0.05) is 12.8 Å². The van der Waals surface area contributed by atoms with Gasteiger partial charge in [0.1, 0.15) is 11.5 Å². The van der Waals surface area contributed by atoms with Crippen LogP contribution in [-0.2, 0) is 9.53 Å². The second-order valence-electron chi connectivity index (χ2n) is 6.02. The highest BCUT2D eigenvalue weighted by molar-refractivity contribution is 6.27. The third-order valence-electron chi connectivity index (χ3n) is 3.07. The summed E-state index contributed by atoms with van der Waals surface area (Å²) in [7, 11) is 0. The first-order valence-corrected chi connectivity index (χ1v) is 7.14. The fourth-order valence-electron chi connectivity index (χ4n) is 2.23. The van der Waals surface area contributed by atoms with Crippen molar-refractivity contribution in [3.05, 3.63) is 0 Å². The molecule has 0 atom stereocenters. The van der Waals surface area contributed by atoms with Gasteiger partial charge in [-0.15, -0.1) is 11.6 Å². The number of alkyl halides is 1. The number of nitrogens with one attached hydrogen (secondary N) is 2. The summed E-state index contributed by atoms with van der Waals surface area (Å²) < 4.78 is 5.27. The molecule has 0 spiro atoms. The lowest BCUT2D eigenvalue weighted by Crippen LogP contribution is -2.55. The Morgan fingerprint density at radius 3 is 2.32 bits per heavy atom. The van der Waals surface area contributed by atoms with Crippen LogP contribution in [0.15, 0.2) is 0 Å². The van der Waals surface area contributed by atoms with Crippen molar-refractivity contribution in [1.29, 1.82) is 0 Å². The number of ether oxygens (including phenoxy) is 1. The van der Waals surface area contributed by atoms with Crippen LogP contribution in [0.5, 0.6) is 0 Å². The van der Waals surface area contributed by atoms with E-state index in [1.165, 1.54) is 0 Å². The summed E-state index contributed by atoms with van der Waals surface area (Å²) in [4.78, 5) is 23.1. The predicted octanol–water partition coefficient (Wildman–Crippen LogP) is 2.18. The fourth-order valence-corrected chi connectivity index (χ4v) is 2.33. The molecule has 1 fully saturated rings. The first kappa shape index (κ1) is 16.1. The van der Waals surface area contributed by atoms with Crippen LogP contribution in [0.1, 0.15) is 46.5 Å². The number of amides is 2. The van der Waals surface area contributed by atoms with E-state index in [-0.39, 0.29) is 11.8 Å². The molecule has 1 rings (SSSR count). The molecule has 110 valence electrons. The molecule has 1 saturated carbocycles. The van der Waals surface area contributed by atoms with E-state index in [0.29, 0.717) is 6.54 Å². The third-order valence-corrected chi connectivity index (χ3v) is 3.31. The van der Waals surface area contributed by atoms with Crippen LogP contribution in [0.3, 0.4) is 0 Å². The molecule has 0 saturated heterocycles. The number of carbonyl (C=O) groups is 2. The van der Waals surface area contributed by atoms with E-state index >= 15 is 0 Å². The van der Waals surface area contributed by atoms with Crippen molar-refractivity contribution < 1.29 is 14.3 Å². The summed E-state index contributed by atoms with van der Waals surface area (Å²) in [5.41, 5.74) is -0.923. The van der Waals surface area contributed by atoms with E-state index in [1.54, 1.807) is 0 Å². The number of rotatable bonds is 4. The fraction of sp³-hybridized carbons (Fsp3) is 0.846. The van der Waals surface area contributed by atoms with Crippen molar-refractivity contribution in [3.63, 3.8) is 0 Å². The molecular formula is C13H23ClN2O3. The van der Waals surface area contributed by atoms with Crippen molar-refractivity contribution in [2.45, 2.75) is 57.6 Å². The minimum absolute atomic E-state index is 0.0669. The van der Waals surface area contributed by atoms with Crippen LogP contribution in [0.2, 0.25) is 0 Å². The molecule has 2 N–H and O–H groups in total. The van der Waals surface area contributed by atoms with Crippen molar-refractivity contribution in [2.75, 3.05) is 12.4 Å². The number of hydrogen-bond acceptors (Lipinski definition) is 3. The van der Waals surface area contributed by atoms with Gasteiger partial charge in [-0.2, -0.15) is 0 Å². The Labute approximate surface area is 119 Å². The lowest BCUT2D eigenvalue weighted by Gasteiger charge is -2.31. The SMILES string of the molecule is CC(C)(C)OC(=O)NC1(CNC(=O)CCl)CCCC1. The highest BCUT2D eigenvalue weighted by Crippen LogP contribution is 2.29. The molecule has 0 aliphatic heterocycles. The van der Waals surface area contributed by atoms with E-state index in [9.17, 15) is 9.59 Å². The van der Waals surface area contributed by atoms with Gasteiger partial charge in [0, 0.05) is 6.54 Å². The third kappa shape index (κ3) is 5.68. The smallest absolute Gasteiger partial charge is 0.408 e. The van der Waals surface area contributed by atoms with Crippen molar-refractivity contribution in [2.24, 2.45) is 0 Å². The summed E-state index contributed by atoms with van der Waals surface area (Å²) in [6.45, 7) is 5.87. The molecular weight excluding hydrogens is 268 g/mol. The van der Waals surface area contributed by atoms with Gasteiger partial charge in [-0.3, -0.25) is 4.79 Å². The van der Waals surface area contributed by atoms with E-state index in [4.69, 9.17) is 16.3 Å². The van der Waals surface area contributed by atoms with Gasteiger partial charge in [-0.25, -0.2) is 4.79 Å². The quantitative estimate of drug-likeness (QED) is 0.780. The van der Waals surface area contributed by atoms with E-state index in [0.717, 1.165) is 25.7 Å². The molecule has 2 amide bonds. The molecule has 6 heteroatoms. The Balaban J connectivity index is 2.56. The van der Waals surface area contributed by atoms with Gasteiger partial charge in [0.25, 0.3) is 0 Å². The summed E-state index contributed by atoms with van der Waals surface area (Å²) in [5.74, 6) is -0.290. The number of hydrogen-bond donors (Lipinski definition) is 2. The van der Waals surface area contributed by atoms with Gasteiger partial charge < -0.3 is 15.4 Å². The number of carbonyl (C=O) groups excluding carboxylic acids is 2. The Bertz CT molecular complexity index is 333. The lowest BCUT2D eigenvalue weighted by atomic mass is 9.98. The van der Waals surface area contributed by atoms with Gasteiger partial charge >= 0.3 is 6.09 Å². The topological polar surface area (TPSA) is 67.4 Å². The zero-order valence-corrected chi connectivity index (χ0v) is 12.6. The maximum Gasteiger partial charge on any atom is 0.408 e. The molecule has 0 aromatic heterocycles. The van der Waals surface area contributed by atoms with Gasteiger partial charge in [0.15, 0.2) is 0 Å². The first-order valence-electron chi connectivity index (χ1n) is 6.60. The van der Waals surface area contributed by atoms with Crippen LogP contribution in [-0.4, -0.2) is 35.6 Å². The zero-order valence-electron chi connectivity index (χ0n) is 11.8. The van der Waals surface area contributed by atoms with E-state index in [2.05, 4.69) is 10.6 Å². The first-order chi connectivity index (χ1) is 8.76. The average molecular weight is 291 g/mol. The number of halogens is 1. The predicted molar refractivity (Wildman–Crippen MR) is 74.3 cm³/mol. The largest absolute Gasteiger partial charge is 0.444 e. The normalized spacial score (nSPS) is 17.9. The van der Waals surface area contributed by atoms with Crippen LogP contribution in [0, 0.1) is 0 Å². The molecule has 0 radical (unpaired) electrons. The maximum atomic E-state index is 11.9.